The fourth-order valence-corrected chi connectivity index (χ4v) is 2.84. The van der Waals surface area contributed by atoms with Gasteiger partial charge in [0.1, 0.15) is 0 Å². The van der Waals surface area contributed by atoms with Crippen molar-refractivity contribution in [3.05, 3.63) is 71.8 Å². The van der Waals surface area contributed by atoms with Crippen LogP contribution in [0.15, 0.2) is 65.7 Å². The molecule has 3 unspecified atom stereocenters. The molecule has 0 amide bonds. The van der Waals surface area contributed by atoms with Gasteiger partial charge in [-0.05, 0) is 25.0 Å². The molecule has 0 heterocycles. The van der Waals surface area contributed by atoms with Gasteiger partial charge in [-0.3, -0.25) is 4.99 Å². The second-order valence-corrected chi connectivity index (χ2v) is 7.01. The molecule has 0 saturated heterocycles. The second kappa shape index (κ2) is 14.4. The maximum Gasteiger partial charge on any atom is 0.191 e. The molecule has 2 aromatic rings. The summed E-state index contributed by atoms with van der Waals surface area (Å²) >= 11 is 0. The maximum atomic E-state index is 10.2. The van der Waals surface area contributed by atoms with Crippen LogP contribution >= 0.6 is 24.0 Å². The third-order valence-corrected chi connectivity index (χ3v) is 4.67. The first-order chi connectivity index (χ1) is 13.6. The lowest BCUT2D eigenvalue weighted by molar-refractivity contribution is 0.0331. The van der Waals surface area contributed by atoms with Gasteiger partial charge in [0.25, 0.3) is 0 Å². The summed E-state index contributed by atoms with van der Waals surface area (Å²) < 4.78 is 5.59. The van der Waals surface area contributed by atoms with Crippen LogP contribution in [0.25, 0.3) is 0 Å². The summed E-state index contributed by atoms with van der Waals surface area (Å²) in [6.45, 7) is 8.17. The number of aliphatic imine (C=N–C) groups is 1. The number of nitrogens with one attached hydrogen (secondary N) is 2. The fraction of sp³-hybridized carbons (Fsp3) is 0.435. The topological polar surface area (TPSA) is 65.9 Å². The predicted octanol–water partition coefficient (Wildman–Crippen LogP) is 3.93. The van der Waals surface area contributed by atoms with Crippen molar-refractivity contribution in [2.75, 3.05) is 19.7 Å². The number of guanidine groups is 1. The Morgan fingerprint density at radius 2 is 1.66 bits per heavy atom. The average Bonchev–Trinajstić information content (AvgIpc) is 2.73. The standard InChI is InChI=1S/C23H33N3O2.HI/c1-4-24-23(26-19(3)18(2)21-13-9-6-10-14-21)25-15-22(27)17-28-16-20-11-7-5-8-12-20;/h5-14,18-19,22,27H,4,15-17H2,1-3H3,(H2,24,25,26);1H. The molecule has 0 saturated carbocycles. The Balaban J connectivity index is 0.00000420. The first-order valence-corrected chi connectivity index (χ1v) is 9.99. The van der Waals surface area contributed by atoms with Crippen molar-refractivity contribution < 1.29 is 9.84 Å². The van der Waals surface area contributed by atoms with E-state index in [-0.39, 0.29) is 43.2 Å². The van der Waals surface area contributed by atoms with Crippen LogP contribution in [0.1, 0.15) is 37.8 Å². The number of nitrogens with zero attached hydrogens (tertiary/aromatic N) is 1. The Bertz CT molecular complexity index is 698. The molecule has 29 heavy (non-hydrogen) atoms. The van der Waals surface area contributed by atoms with E-state index < -0.39 is 6.10 Å². The highest BCUT2D eigenvalue weighted by atomic mass is 127. The molecular weight excluding hydrogens is 477 g/mol. The molecule has 0 radical (unpaired) electrons. The van der Waals surface area contributed by atoms with Gasteiger partial charge in [0.05, 0.1) is 25.9 Å². The van der Waals surface area contributed by atoms with Gasteiger partial charge in [-0.2, -0.15) is 0 Å². The van der Waals surface area contributed by atoms with Crippen molar-refractivity contribution in [1.82, 2.24) is 10.6 Å². The van der Waals surface area contributed by atoms with Gasteiger partial charge in [0.15, 0.2) is 5.96 Å². The summed E-state index contributed by atoms with van der Waals surface area (Å²) in [6.07, 6.45) is -0.638. The van der Waals surface area contributed by atoms with E-state index in [9.17, 15) is 5.11 Å². The van der Waals surface area contributed by atoms with Gasteiger partial charge in [-0.15, -0.1) is 24.0 Å². The normalized spacial score (nSPS) is 14.4. The van der Waals surface area contributed by atoms with Crippen LogP contribution < -0.4 is 10.6 Å². The molecule has 0 aliphatic heterocycles. The van der Waals surface area contributed by atoms with E-state index in [1.54, 1.807) is 0 Å². The van der Waals surface area contributed by atoms with Gasteiger partial charge in [-0.25, -0.2) is 0 Å². The van der Waals surface area contributed by atoms with Crippen molar-refractivity contribution in [3.8, 4) is 0 Å². The van der Waals surface area contributed by atoms with Crippen molar-refractivity contribution in [3.63, 3.8) is 0 Å². The molecule has 6 heteroatoms. The van der Waals surface area contributed by atoms with Crippen LogP contribution in [0.3, 0.4) is 0 Å². The third kappa shape index (κ3) is 9.60. The summed E-state index contributed by atoms with van der Waals surface area (Å²) in [4.78, 5) is 4.52. The lowest BCUT2D eigenvalue weighted by Gasteiger charge is -2.24. The van der Waals surface area contributed by atoms with Gasteiger partial charge in [-0.1, -0.05) is 67.6 Å². The number of ether oxygens (including phenoxy) is 1. The minimum atomic E-state index is -0.638. The van der Waals surface area contributed by atoms with E-state index in [0.717, 1.165) is 12.1 Å². The quantitative estimate of drug-likeness (QED) is 0.257. The number of aliphatic hydroxyl groups excluding tert-OH is 1. The number of rotatable bonds is 10. The van der Waals surface area contributed by atoms with E-state index in [1.165, 1.54) is 5.56 Å². The van der Waals surface area contributed by atoms with Crippen molar-refractivity contribution >= 4 is 29.9 Å². The van der Waals surface area contributed by atoms with Crippen LogP contribution in [-0.2, 0) is 11.3 Å². The molecule has 2 rings (SSSR count). The van der Waals surface area contributed by atoms with Crippen LogP contribution in [0, 0.1) is 0 Å². The predicted molar refractivity (Wildman–Crippen MR) is 131 cm³/mol. The lowest BCUT2D eigenvalue weighted by atomic mass is 9.94. The van der Waals surface area contributed by atoms with E-state index in [2.05, 4.69) is 53.7 Å². The lowest BCUT2D eigenvalue weighted by Crippen LogP contribution is -2.44. The zero-order valence-electron chi connectivity index (χ0n) is 17.5. The summed E-state index contributed by atoms with van der Waals surface area (Å²) in [5, 5.41) is 16.9. The first kappa shape index (κ1) is 25.4. The van der Waals surface area contributed by atoms with E-state index >= 15 is 0 Å². The van der Waals surface area contributed by atoms with Crippen LogP contribution in [0.5, 0.6) is 0 Å². The zero-order chi connectivity index (χ0) is 20.2. The van der Waals surface area contributed by atoms with E-state index in [1.807, 2.05) is 43.3 Å². The van der Waals surface area contributed by atoms with Gasteiger partial charge in [0, 0.05) is 18.5 Å². The molecule has 3 N–H and O–H groups in total. The fourth-order valence-electron chi connectivity index (χ4n) is 2.84. The molecule has 0 fully saturated rings. The molecule has 0 aromatic heterocycles. The molecule has 0 bridgehead atoms. The Morgan fingerprint density at radius 1 is 1.03 bits per heavy atom. The summed E-state index contributed by atoms with van der Waals surface area (Å²) in [5.41, 5.74) is 2.38. The Hall–Kier alpha value is -1.64. The van der Waals surface area contributed by atoms with Gasteiger partial charge < -0.3 is 20.5 Å². The molecule has 160 valence electrons. The van der Waals surface area contributed by atoms with Crippen LogP contribution in [0.2, 0.25) is 0 Å². The smallest absolute Gasteiger partial charge is 0.191 e. The zero-order valence-corrected chi connectivity index (χ0v) is 19.9. The molecule has 3 atom stereocenters. The minimum Gasteiger partial charge on any atom is -0.389 e. The van der Waals surface area contributed by atoms with Gasteiger partial charge in [0.2, 0.25) is 0 Å². The van der Waals surface area contributed by atoms with Crippen molar-refractivity contribution in [2.45, 2.75) is 45.4 Å². The number of hydrogen-bond donors (Lipinski definition) is 3. The Labute approximate surface area is 192 Å². The summed E-state index contributed by atoms with van der Waals surface area (Å²) in [5.74, 6) is 1.05. The monoisotopic (exact) mass is 511 g/mol. The number of hydrogen-bond acceptors (Lipinski definition) is 3. The third-order valence-electron chi connectivity index (χ3n) is 4.67. The van der Waals surface area contributed by atoms with Crippen molar-refractivity contribution in [2.24, 2.45) is 4.99 Å². The summed E-state index contributed by atoms with van der Waals surface area (Å²) in [7, 11) is 0. The van der Waals surface area contributed by atoms with Crippen LogP contribution in [0.4, 0.5) is 0 Å². The molecule has 5 nitrogen and oxygen atoms in total. The molecule has 0 spiro atoms. The Kier molecular flexibility index (Phi) is 12.6. The SMILES string of the molecule is CCNC(=NCC(O)COCc1ccccc1)NC(C)C(C)c1ccccc1.I. The van der Waals surface area contributed by atoms with Crippen molar-refractivity contribution in [1.29, 1.82) is 0 Å². The highest BCUT2D eigenvalue weighted by Crippen LogP contribution is 2.18. The molecule has 0 aliphatic carbocycles. The molecular formula is C23H34IN3O2. The van der Waals surface area contributed by atoms with E-state index in [4.69, 9.17) is 4.74 Å². The number of aliphatic hydroxyl groups is 1. The molecule has 2 aromatic carbocycles. The van der Waals surface area contributed by atoms with E-state index in [0.29, 0.717) is 18.5 Å². The largest absolute Gasteiger partial charge is 0.389 e. The average molecular weight is 511 g/mol. The highest BCUT2D eigenvalue weighted by Gasteiger charge is 2.15. The number of halogens is 1. The summed E-state index contributed by atoms with van der Waals surface area (Å²) in [6, 6.07) is 20.6. The molecule has 0 aliphatic rings. The van der Waals surface area contributed by atoms with Gasteiger partial charge >= 0.3 is 0 Å². The minimum absolute atomic E-state index is 0. The Morgan fingerprint density at radius 3 is 2.28 bits per heavy atom. The number of benzene rings is 2. The van der Waals surface area contributed by atoms with Crippen LogP contribution in [-0.4, -0.2) is 42.9 Å². The maximum absolute atomic E-state index is 10.2. The highest BCUT2D eigenvalue weighted by molar-refractivity contribution is 14.0. The first-order valence-electron chi connectivity index (χ1n) is 9.99. The second-order valence-electron chi connectivity index (χ2n) is 7.01.